The Morgan fingerprint density at radius 3 is 2.33 bits per heavy atom. The summed E-state index contributed by atoms with van der Waals surface area (Å²) in [6, 6.07) is -0.0390. The summed E-state index contributed by atoms with van der Waals surface area (Å²) in [7, 11) is 0. The zero-order valence-electron chi connectivity index (χ0n) is 15.6. The number of carboxylic acid groups (broad SMARTS) is 1. The fraction of sp³-hybridized carbons (Fsp3) is 0.444. The van der Waals surface area contributed by atoms with Crippen LogP contribution in [0.15, 0.2) is 6.07 Å². The van der Waals surface area contributed by atoms with Crippen molar-refractivity contribution in [2.75, 3.05) is 32.8 Å². The van der Waals surface area contributed by atoms with E-state index in [1.54, 1.807) is 0 Å². The van der Waals surface area contributed by atoms with Crippen LogP contribution in [0.4, 0.5) is 17.6 Å². The highest BCUT2D eigenvalue weighted by Gasteiger charge is 2.29. The number of hydrogen-bond donors (Lipinski definition) is 2. The molecule has 0 unspecified atom stereocenters. The quantitative estimate of drug-likeness (QED) is 0.411. The number of ether oxygens (including phenoxy) is 1. The highest BCUT2D eigenvalue weighted by molar-refractivity contribution is 5.93. The van der Waals surface area contributed by atoms with Gasteiger partial charge in [-0.15, -0.1) is 0 Å². The molecule has 164 valence electrons. The number of hydrogen-bond acceptors (Lipinski definition) is 6. The van der Waals surface area contributed by atoms with Crippen LogP contribution < -0.4 is 10.1 Å². The predicted molar refractivity (Wildman–Crippen MR) is 91.6 cm³/mol. The standard InChI is InChI=1S/C18H18F4N2O6/c19-11-5-12(20)17(22)18(16(11)21)30-8-13(26)9(4-15(28)29)3-10(25)7-24-2-1-23-6-14(24)27/h5,9,23H,1-4,6-8H2,(H,28,29)/t9-/m0/s1. The van der Waals surface area contributed by atoms with E-state index in [9.17, 15) is 36.7 Å². The molecule has 0 bridgehead atoms. The van der Waals surface area contributed by atoms with Crippen LogP contribution >= 0.6 is 0 Å². The molecule has 30 heavy (non-hydrogen) atoms. The van der Waals surface area contributed by atoms with Crippen LogP contribution in [0.3, 0.4) is 0 Å². The number of ketones is 2. The number of halogens is 4. The number of benzene rings is 1. The minimum Gasteiger partial charge on any atom is -0.481 e. The maximum absolute atomic E-state index is 13.6. The number of carbonyl (C=O) groups is 4. The lowest BCUT2D eigenvalue weighted by Crippen LogP contribution is -2.50. The van der Waals surface area contributed by atoms with Gasteiger partial charge in [-0.25, -0.2) is 8.78 Å². The summed E-state index contributed by atoms with van der Waals surface area (Å²) in [6.07, 6.45) is -1.35. The number of piperazine rings is 1. The Morgan fingerprint density at radius 1 is 1.13 bits per heavy atom. The van der Waals surface area contributed by atoms with Crippen molar-refractivity contribution in [3.63, 3.8) is 0 Å². The maximum Gasteiger partial charge on any atom is 0.304 e. The molecule has 0 aliphatic carbocycles. The van der Waals surface area contributed by atoms with Crippen molar-refractivity contribution in [2.24, 2.45) is 5.92 Å². The Morgan fingerprint density at radius 2 is 1.77 bits per heavy atom. The highest BCUT2D eigenvalue weighted by Crippen LogP contribution is 2.26. The second kappa shape index (κ2) is 10.1. The molecular weight excluding hydrogens is 416 g/mol. The molecule has 1 aromatic carbocycles. The van der Waals surface area contributed by atoms with E-state index in [1.807, 2.05) is 0 Å². The molecule has 1 aliphatic heterocycles. The fourth-order valence-corrected chi connectivity index (χ4v) is 2.82. The molecule has 8 nitrogen and oxygen atoms in total. The Bertz CT molecular complexity index is 837. The molecule has 1 aromatic rings. The number of carbonyl (C=O) groups excluding carboxylic acids is 3. The van der Waals surface area contributed by atoms with E-state index in [4.69, 9.17) is 5.11 Å². The van der Waals surface area contributed by atoms with E-state index < -0.39 is 71.9 Å². The van der Waals surface area contributed by atoms with Crippen LogP contribution in [0.2, 0.25) is 0 Å². The number of nitrogens with zero attached hydrogens (tertiary/aromatic N) is 1. The first-order valence-corrected chi connectivity index (χ1v) is 8.80. The first kappa shape index (κ1) is 23.3. The van der Waals surface area contributed by atoms with Crippen molar-refractivity contribution in [1.29, 1.82) is 0 Å². The van der Waals surface area contributed by atoms with Crippen LogP contribution in [0, 0.1) is 29.2 Å². The van der Waals surface area contributed by atoms with Crippen molar-refractivity contribution in [2.45, 2.75) is 12.8 Å². The molecule has 0 aromatic heterocycles. The van der Waals surface area contributed by atoms with E-state index in [-0.39, 0.29) is 31.6 Å². The Hall–Kier alpha value is -3.02. The summed E-state index contributed by atoms with van der Waals surface area (Å²) in [5.41, 5.74) is 0. The summed E-state index contributed by atoms with van der Waals surface area (Å²) in [5, 5.41) is 11.8. The van der Waals surface area contributed by atoms with Gasteiger partial charge < -0.3 is 20.1 Å². The normalized spacial score (nSPS) is 15.1. The van der Waals surface area contributed by atoms with Crippen LogP contribution in [0.5, 0.6) is 5.75 Å². The van der Waals surface area contributed by atoms with Crippen LogP contribution in [-0.2, 0) is 19.2 Å². The fourth-order valence-electron chi connectivity index (χ4n) is 2.82. The summed E-state index contributed by atoms with van der Waals surface area (Å²) in [6.45, 7) is -0.682. The second-order valence-corrected chi connectivity index (χ2v) is 6.58. The molecule has 1 heterocycles. The van der Waals surface area contributed by atoms with Gasteiger partial charge in [-0.2, -0.15) is 8.78 Å². The monoisotopic (exact) mass is 434 g/mol. The Labute approximate surface area is 167 Å². The van der Waals surface area contributed by atoms with Gasteiger partial charge in [-0.3, -0.25) is 19.2 Å². The predicted octanol–water partition coefficient (Wildman–Crippen LogP) is 0.673. The van der Waals surface area contributed by atoms with Gasteiger partial charge in [0.2, 0.25) is 17.5 Å². The minimum absolute atomic E-state index is 0.0390. The summed E-state index contributed by atoms with van der Waals surface area (Å²) in [5.74, 6) is -13.4. The summed E-state index contributed by atoms with van der Waals surface area (Å²) in [4.78, 5) is 48.4. The van der Waals surface area contributed by atoms with E-state index >= 15 is 0 Å². The number of Topliss-reactive ketones (excluding diaryl/α,β-unsaturated/α-hetero) is 2. The molecule has 1 atom stereocenters. The van der Waals surface area contributed by atoms with Gasteiger partial charge in [0.05, 0.1) is 19.5 Å². The largest absolute Gasteiger partial charge is 0.481 e. The van der Waals surface area contributed by atoms with Gasteiger partial charge in [0.25, 0.3) is 0 Å². The zero-order valence-corrected chi connectivity index (χ0v) is 15.6. The molecule has 1 aliphatic rings. The number of rotatable bonds is 10. The SMILES string of the molecule is O=C(O)C[C@H](CC(=O)CN1CCNCC1=O)C(=O)COc1c(F)c(F)cc(F)c1F. The van der Waals surface area contributed by atoms with E-state index in [1.165, 1.54) is 4.90 Å². The van der Waals surface area contributed by atoms with Gasteiger partial charge >= 0.3 is 5.97 Å². The maximum atomic E-state index is 13.6. The molecule has 12 heteroatoms. The smallest absolute Gasteiger partial charge is 0.304 e. The Balaban J connectivity index is 2.04. The van der Waals surface area contributed by atoms with Gasteiger partial charge in [0, 0.05) is 31.5 Å². The van der Waals surface area contributed by atoms with Gasteiger partial charge in [0.15, 0.2) is 29.0 Å². The van der Waals surface area contributed by atoms with Crippen molar-refractivity contribution in [3.8, 4) is 5.75 Å². The van der Waals surface area contributed by atoms with Crippen LogP contribution in [-0.4, -0.2) is 66.2 Å². The van der Waals surface area contributed by atoms with Crippen molar-refractivity contribution in [1.82, 2.24) is 10.2 Å². The van der Waals surface area contributed by atoms with Crippen LogP contribution in [0.25, 0.3) is 0 Å². The van der Waals surface area contributed by atoms with Crippen molar-refractivity contribution in [3.05, 3.63) is 29.3 Å². The molecule has 2 N–H and O–H groups in total. The zero-order chi connectivity index (χ0) is 22.4. The summed E-state index contributed by atoms with van der Waals surface area (Å²) >= 11 is 0. The molecule has 0 spiro atoms. The topological polar surface area (TPSA) is 113 Å². The molecule has 1 amide bonds. The third-order valence-electron chi connectivity index (χ3n) is 4.34. The third-order valence-corrected chi connectivity index (χ3v) is 4.34. The average Bonchev–Trinajstić information content (AvgIpc) is 2.67. The number of amides is 1. The molecule has 0 radical (unpaired) electrons. The molecule has 1 saturated heterocycles. The van der Waals surface area contributed by atoms with E-state index in [2.05, 4.69) is 10.1 Å². The van der Waals surface area contributed by atoms with Crippen molar-refractivity contribution < 1.29 is 46.6 Å². The summed E-state index contributed by atoms with van der Waals surface area (Å²) < 4.78 is 58.1. The van der Waals surface area contributed by atoms with Gasteiger partial charge in [-0.05, 0) is 0 Å². The van der Waals surface area contributed by atoms with E-state index in [0.29, 0.717) is 6.54 Å². The average molecular weight is 434 g/mol. The Kier molecular flexibility index (Phi) is 7.86. The molecule has 0 saturated carbocycles. The van der Waals surface area contributed by atoms with Crippen molar-refractivity contribution >= 4 is 23.4 Å². The van der Waals surface area contributed by atoms with E-state index in [0.717, 1.165) is 0 Å². The van der Waals surface area contributed by atoms with Gasteiger partial charge in [-0.1, -0.05) is 0 Å². The first-order valence-electron chi connectivity index (χ1n) is 8.80. The number of carboxylic acids is 1. The lowest BCUT2D eigenvalue weighted by atomic mass is 9.94. The number of aliphatic carboxylic acids is 1. The first-order chi connectivity index (χ1) is 14.1. The second-order valence-electron chi connectivity index (χ2n) is 6.58. The van der Waals surface area contributed by atoms with Gasteiger partial charge in [0.1, 0.15) is 6.61 Å². The lowest BCUT2D eigenvalue weighted by Gasteiger charge is -2.27. The minimum atomic E-state index is -1.86. The molecule has 1 fully saturated rings. The van der Waals surface area contributed by atoms with Crippen LogP contribution in [0.1, 0.15) is 12.8 Å². The highest BCUT2D eigenvalue weighted by atomic mass is 19.2. The third kappa shape index (κ3) is 5.99. The molecule has 2 rings (SSSR count). The lowest BCUT2D eigenvalue weighted by molar-refractivity contribution is -0.142. The number of nitrogens with one attached hydrogen (secondary N) is 1. The molecular formula is C18H18F4N2O6.